The molecule has 0 radical (unpaired) electrons. The number of esters is 2. The monoisotopic (exact) mass is 407 g/mol. The van der Waals surface area contributed by atoms with Crippen molar-refractivity contribution in [3.63, 3.8) is 0 Å². The van der Waals surface area contributed by atoms with Crippen LogP contribution in [0.2, 0.25) is 0 Å². The van der Waals surface area contributed by atoms with E-state index < -0.39 is 36.0 Å². The lowest BCUT2D eigenvalue weighted by atomic mass is 9.99. The molecule has 0 aliphatic heterocycles. The van der Waals surface area contributed by atoms with Crippen LogP contribution >= 0.6 is 0 Å². The van der Waals surface area contributed by atoms with Crippen molar-refractivity contribution in [2.24, 2.45) is 5.92 Å². The summed E-state index contributed by atoms with van der Waals surface area (Å²) in [5, 5.41) is 2.54. The van der Waals surface area contributed by atoms with Crippen LogP contribution in [0.5, 0.6) is 0 Å². The molecule has 2 aromatic heterocycles. The maximum Gasteiger partial charge on any atom is 0.342 e. The van der Waals surface area contributed by atoms with Gasteiger partial charge in [0.1, 0.15) is 35.6 Å². The number of nitrogens with zero attached hydrogens (tertiary/aromatic N) is 2. The number of methoxy groups -OCH3 is 1. The molecule has 10 nitrogen and oxygen atoms in total. The van der Waals surface area contributed by atoms with Crippen LogP contribution in [0.15, 0.2) is 15.5 Å². The van der Waals surface area contributed by atoms with Crippen LogP contribution in [0.25, 0.3) is 11.1 Å². The lowest BCUT2D eigenvalue weighted by Crippen LogP contribution is -2.47. The predicted octanol–water partition coefficient (Wildman–Crippen LogP) is 1.18. The fraction of sp³-hybridized carbons (Fsp3) is 0.526. The van der Waals surface area contributed by atoms with Gasteiger partial charge in [0.15, 0.2) is 0 Å². The minimum atomic E-state index is -0.837. The van der Waals surface area contributed by atoms with E-state index in [2.05, 4.69) is 10.3 Å². The number of carbonyl (C=O) groups excluding carboxylic acids is 3. The Morgan fingerprint density at radius 3 is 2.59 bits per heavy atom. The van der Waals surface area contributed by atoms with Crippen molar-refractivity contribution in [2.75, 3.05) is 13.7 Å². The lowest BCUT2D eigenvalue weighted by molar-refractivity contribution is -0.146. The Bertz CT molecular complexity index is 976. The Morgan fingerprint density at radius 1 is 1.31 bits per heavy atom. The molecule has 10 heteroatoms. The summed E-state index contributed by atoms with van der Waals surface area (Å²) < 4.78 is 16.1. The second-order valence-electron chi connectivity index (χ2n) is 6.57. The molecule has 1 amide bonds. The van der Waals surface area contributed by atoms with Crippen molar-refractivity contribution in [3.05, 3.63) is 28.0 Å². The molecule has 0 saturated heterocycles. The highest BCUT2D eigenvalue weighted by Gasteiger charge is 2.28. The molecule has 0 bridgehead atoms. The van der Waals surface area contributed by atoms with E-state index in [1.54, 1.807) is 6.92 Å². The third-order valence-electron chi connectivity index (χ3n) is 4.63. The van der Waals surface area contributed by atoms with Crippen molar-refractivity contribution in [1.82, 2.24) is 14.9 Å². The summed E-state index contributed by atoms with van der Waals surface area (Å²) in [4.78, 5) is 53.5. The number of hydrogen-bond acceptors (Lipinski definition) is 8. The molecule has 0 unspecified atom stereocenters. The Kier molecular flexibility index (Phi) is 7.13. The van der Waals surface area contributed by atoms with Gasteiger partial charge in [0.25, 0.3) is 5.56 Å². The van der Waals surface area contributed by atoms with Crippen molar-refractivity contribution in [1.29, 1.82) is 0 Å². The second kappa shape index (κ2) is 9.35. The number of rotatable bonds is 8. The summed E-state index contributed by atoms with van der Waals surface area (Å²) in [7, 11) is 1.24. The van der Waals surface area contributed by atoms with Gasteiger partial charge in [0, 0.05) is 0 Å². The molecule has 1 N–H and O–H groups in total. The van der Waals surface area contributed by atoms with Gasteiger partial charge in [0.2, 0.25) is 11.6 Å². The van der Waals surface area contributed by atoms with E-state index >= 15 is 0 Å². The van der Waals surface area contributed by atoms with E-state index in [1.807, 2.05) is 13.8 Å². The molecule has 29 heavy (non-hydrogen) atoms. The standard InChI is InChI=1S/C19H25N3O7/c1-6-10(3)15(19(26)27-5)21-12(23)8-22-9-20-16-14(17(22)24)13(11(4)29-16)18(25)28-7-2/h9-10,15H,6-8H2,1-5H3,(H,21,23)/t10-,15-/m0/s1. The Labute approximate surface area is 167 Å². The van der Waals surface area contributed by atoms with Crippen molar-refractivity contribution in [2.45, 2.75) is 46.7 Å². The van der Waals surface area contributed by atoms with Crippen LogP contribution in [0, 0.1) is 12.8 Å². The molecule has 2 aromatic rings. The average Bonchev–Trinajstić information content (AvgIpc) is 3.04. The maximum atomic E-state index is 12.9. The van der Waals surface area contributed by atoms with E-state index in [1.165, 1.54) is 14.0 Å². The van der Waals surface area contributed by atoms with E-state index in [9.17, 15) is 19.2 Å². The third kappa shape index (κ3) is 4.64. The second-order valence-corrected chi connectivity index (χ2v) is 6.57. The summed E-state index contributed by atoms with van der Waals surface area (Å²) in [5.41, 5.74) is -0.649. The Morgan fingerprint density at radius 2 is 2.00 bits per heavy atom. The van der Waals surface area contributed by atoms with Gasteiger partial charge in [-0.3, -0.25) is 14.2 Å². The van der Waals surface area contributed by atoms with Gasteiger partial charge < -0.3 is 19.2 Å². The van der Waals surface area contributed by atoms with Gasteiger partial charge in [0.05, 0.1) is 13.7 Å². The number of nitrogens with one attached hydrogen (secondary N) is 1. The normalized spacial score (nSPS) is 13.0. The Hall–Kier alpha value is -3.17. The summed E-state index contributed by atoms with van der Waals surface area (Å²) in [6.07, 6.45) is 1.79. The van der Waals surface area contributed by atoms with E-state index in [4.69, 9.17) is 13.9 Å². The van der Waals surface area contributed by atoms with Crippen LogP contribution in [-0.2, 0) is 25.6 Å². The molecule has 0 spiro atoms. The molecule has 158 valence electrons. The summed E-state index contributed by atoms with van der Waals surface area (Å²) in [5.74, 6) is -1.79. The van der Waals surface area contributed by atoms with Gasteiger partial charge in [-0.05, 0) is 19.8 Å². The molecule has 0 aliphatic carbocycles. The summed E-state index contributed by atoms with van der Waals surface area (Å²) >= 11 is 0. The number of furan rings is 1. The van der Waals surface area contributed by atoms with Crippen LogP contribution in [0.4, 0.5) is 0 Å². The van der Waals surface area contributed by atoms with Crippen LogP contribution in [0.1, 0.15) is 43.3 Å². The topological polar surface area (TPSA) is 130 Å². The number of amides is 1. The first-order valence-corrected chi connectivity index (χ1v) is 9.27. The first-order chi connectivity index (χ1) is 13.7. The van der Waals surface area contributed by atoms with Crippen LogP contribution < -0.4 is 10.9 Å². The molecule has 2 rings (SSSR count). The number of ether oxygens (including phenoxy) is 2. The fourth-order valence-corrected chi connectivity index (χ4v) is 2.87. The zero-order valence-electron chi connectivity index (χ0n) is 17.1. The molecule has 2 atom stereocenters. The zero-order chi connectivity index (χ0) is 21.7. The molecule has 0 saturated carbocycles. The van der Waals surface area contributed by atoms with Crippen LogP contribution in [0.3, 0.4) is 0 Å². The first kappa shape index (κ1) is 22.1. The van der Waals surface area contributed by atoms with Crippen LogP contribution in [-0.4, -0.2) is 47.2 Å². The fourth-order valence-electron chi connectivity index (χ4n) is 2.87. The van der Waals surface area contributed by atoms with Gasteiger partial charge >= 0.3 is 11.9 Å². The van der Waals surface area contributed by atoms with Gasteiger partial charge in [-0.2, -0.15) is 0 Å². The SMILES string of the molecule is CCOC(=O)c1c(C)oc2ncn(CC(=O)N[C@H](C(=O)OC)[C@@H](C)CC)c(=O)c12. The predicted molar refractivity (Wildman–Crippen MR) is 102 cm³/mol. The highest BCUT2D eigenvalue weighted by Crippen LogP contribution is 2.21. The number of aromatic nitrogens is 2. The number of aryl methyl sites for hydroxylation is 1. The minimum absolute atomic E-state index is 0.0128. The summed E-state index contributed by atoms with van der Waals surface area (Å²) in [6.45, 7) is 6.60. The lowest BCUT2D eigenvalue weighted by Gasteiger charge is -2.21. The molecule has 0 aliphatic rings. The molecular formula is C19H25N3O7. The molecule has 2 heterocycles. The smallest absolute Gasteiger partial charge is 0.342 e. The summed E-state index contributed by atoms with van der Waals surface area (Å²) in [6, 6.07) is -0.837. The van der Waals surface area contributed by atoms with E-state index in [-0.39, 0.29) is 34.9 Å². The first-order valence-electron chi connectivity index (χ1n) is 9.27. The van der Waals surface area contributed by atoms with Gasteiger partial charge in [-0.25, -0.2) is 14.6 Å². The van der Waals surface area contributed by atoms with Crippen molar-refractivity contribution < 1.29 is 28.3 Å². The maximum absolute atomic E-state index is 12.9. The molecule has 0 aromatic carbocycles. The molecule has 0 fully saturated rings. The molecular weight excluding hydrogens is 382 g/mol. The minimum Gasteiger partial charge on any atom is -0.467 e. The zero-order valence-corrected chi connectivity index (χ0v) is 17.1. The van der Waals surface area contributed by atoms with Crippen molar-refractivity contribution in [3.8, 4) is 0 Å². The van der Waals surface area contributed by atoms with Gasteiger partial charge in [-0.15, -0.1) is 0 Å². The highest BCUT2D eigenvalue weighted by molar-refractivity contribution is 6.03. The quantitative estimate of drug-likeness (QED) is 0.646. The largest absolute Gasteiger partial charge is 0.467 e. The highest BCUT2D eigenvalue weighted by atomic mass is 16.5. The third-order valence-corrected chi connectivity index (χ3v) is 4.63. The van der Waals surface area contributed by atoms with Crippen molar-refractivity contribution >= 4 is 28.9 Å². The van der Waals surface area contributed by atoms with Gasteiger partial charge in [-0.1, -0.05) is 20.3 Å². The van der Waals surface area contributed by atoms with E-state index in [0.29, 0.717) is 6.42 Å². The average molecular weight is 407 g/mol. The number of carbonyl (C=O) groups is 3. The Balaban J connectivity index is 2.34. The number of fused-ring (bicyclic) bond motifs is 1. The number of hydrogen-bond donors (Lipinski definition) is 1. The van der Waals surface area contributed by atoms with E-state index in [0.717, 1.165) is 10.9 Å².